The minimum absolute atomic E-state index is 0.0232. The van der Waals surface area contributed by atoms with E-state index in [1.807, 2.05) is 6.07 Å². The largest absolute Gasteiger partial charge is 0.492 e. The number of hydrogen-bond donors (Lipinski definition) is 2. The number of sulfone groups is 1. The van der Waals surface area contributed by atoms with Crippen LogP contribution in [0.4, 0.5) is 13.2 Å². The lowest BCUT2D eigenvalue weighted by atomic mass is 10.0. The summed E-state index contributed by atoms with van der Waals surface area (Å²) in [5, 5.41) is 20.4. The third-order valence-electron chi connectivity index (χ3n) is 5.46. The smallest absolute Gasteiger partial charge is 0.416 e. The predicted molar refractivity (Wildman–Crippen MR) is 135 cm³/mol. The highest BCUT2D eigenvalue weighted by Gasteiger charge is 2.30. The SMILES string of the molecule is N#Cc1ccc(-c2ccc(CS(=O)(=O)CC(=O)NCCO)cc2)cc1OCCc1cccc(C(F)(F)F)c1. The minimum atomic E-state index is -4.44. The second kappa shape index (κ2) is 12.6. The quantitative estimate of drug-likeness (QED) is 0.377. The molecule has 0 radical (unpaired) electrons. The molecule has 11 heteroatoms. The van der Waals surface area contributed by atoms with Gasteiger partial charge in [-0.3, -0.25) is 4.79 Å². The molecular weight excluding hydrogens is 521 g/mol. The average molecular weight is 547 g/mol. The lowest BCUT2D eigenvalue weighted by molar-refractivity contribution is -0.137. The number of hydrogen-bond acceptors (Lipinski definition) is 6. The second-order valence-corrected chi connectivity index (χ2v) is 10.5. The Morgan fingerprint density at radius 1 is 1.00 bits per heavy atom. The van der Waals surface area contributed by atoms with Crippen LogP contribution in [0.25, 0.3) is 11.1 Å². The zero-order chi connectivity index (χ0) is 27.8. The summed E-state index contributed by atoms with van der Waals surface area (Å²) < 4.78 is 69.1. The van der Waals surface area contributed by atoms with E-state index in [9.17, 15) is 31.6 Å². The molecule has 1 amide bonds. The van der Waals surface area contributed by atoms with Crippen LogP contribution in [0.3, 0.4) is 0 Å². The van der Waals surface area contributed by atoms with Gasteiger partial charge in [-0.25, -0.2) is 8.42 Å². The molecule has 0 fully saturated rings. The van der Waals surface area contributed by atoms with Crippen LogP contribution in [-0.2, 0) is 33.0 Å². The Bertz CT molecular complexity index is 1420. The maximum atomic E-state index is 12.9. The molecule has 0 aliphatic carbocycles. The summed E-state index contributed by atoms with van der Waals surface area (Å²) in [5.41, 5.74) is 1.87. The molecule has 3 aromatic rings. The van der Waals surface area contributed by atoms with Crippen LogP contribution >= 0.6 is 0 Å². The molecule has 3 aromatic carbocycles. The van der Waals surface area contributed by atoms with Gasteiger partial charge in [0.25, 0.3) is 0 Å². The van der Waals surface area contributed by atoms with Crippen LogP contribution in [0.1, 0.15) is 22.3 Å². The Kier molecular flexibility index (Phi) is 9.50. The van der Waals surface area contributed by atoms with Crippen LogP contribution < -0.4 is 10.1 Å². The highest BCUT2D eigenvalue weighted by Crippen LogP contribution is 2.30. The summed E-state index contributed by atoms with van der Waals surface area (Å²) in [6.07, 6.45) is -4.23. The van der Waals surface area contributed by atoms with Crippen LogP contribution in [0.2, 0.25) is 0 Å². The molecule has 0 aliphatic rings. The molecule has 2 N–H and O–H groups in total. The van der Waals surface area contributed by atoms with Crippen molar-refractivity contribution in [2.24, 2.45) is 0 Å². The standard InChI is InChI=1S/C27H25F3N2O5S/c28-27(29,30)24-3-1-2-19(14-24)10-13-37-25-15-22(8-9-23(25)16-31)21-6-4-20(5-7-21)17-38(35,36)18-26(34)32-11-12-33/h1-9,14-15,33H,10-13,17-18H2,(H,32,34). The number of nitriles is 1. The molecule has 3 rings (SSSR count). The molecule has 0 saturated carbocycles. The van der Waals surface area contributed by atoms with Gasteiger partial charge in [0.1, 0.15) is 17.6 Å². The van der Waals surface area contributed by atoms with Crippen molar-refractivity contribution in [3.05, 3.63) is 89.0 Å². The van der Waals surface area contributed by atoms with E-state index in [1.165, 1.54) is 6.07 Å². The lowest BCUT2D eigenvalue weighted by Crippen LogP contribution is -2.32. The molecule has 0 unspecified atom stereocenters. The first-order chi connectivity index (χ1) is 18.0. The zero-order valence-corrected chi connectivity index (χ0v) is 21.0. The fourth-order valence-electron chi connectivity index (χ4n) is 3.64. The maximum Gasteiger partial charge on any atom is 0.416 e. The van der Waals surface area contributed by atoms with Crippen molar-refractivity contribution in [1.82, 2.24) is 5.32 Å². The molecular formula is C27H25F3N2O5S. The number of rotatable bonds is 11. The van der Waals surface area contributed by atoms with Crippen LogP contribution in [0.15, 0.2) is 66.7 Å². The molecule has 0 heterocycles. The Morgan fingerprint density at radius 3 is 2.37 bits per heavy atom. The van der Waals surface area contributed by atoms with Crippen molar-refractivity contribution in [2.45, 2.75) is 18.3 Å². The van der Waals surface area contributed by atoms with E-state index in [0.29, 0.717) is 16.7 Å². The highest BCUT2D eigenvalue weighted by atomic mass is 32.2. The van der Waals surface area contributed by atoms with Crippen molar-refractivity contribution >= 4 is 15.7 Å². The zero-order valence-electron chi connectivity index (χ0n) is 20.2. The minimum Gasteiger partial charge on any atom is -0.492 e. The average Bonchev–Trinajstić information content (AvgIpc) is 2.87. The lowest BCUT2D eigenvalue weighted by Gasteiger charge is -2.12. The first-order valence-electron chi connectivity index (χ1n) is 11.5. The van der Waals surface area contributed by atoms with Crippen molar-refractivity contribution in [2.75, 3.05) is 25.5 Å². The van der Waals surface area contributed by atoms with E-state index >= 15 is 0 Å². The third-order valence-corrected chi connectivity index (χ3v) is 6.94. The first-order valence-corrected chi connectivity index (χ1v) is 13.3. The topological polar surface area (TPSA) is 116 Å². The molecule has 0 saturated heterocycles. The van der Waals surface area contributed by atoms with Crippen molar-refractivity contribution in [3.63, 3.8) is 0 Å². The molecule has 0 aromatic heterocycles. The molecule has 7 nitrogen and oxygen atoms in total. The monoisotopic (exact) mass is 546 g/mol. The third kappa shape index (κ3) is 8.33. The van der Waals surface area contributed by atoms with Gasteiger partial charge in [-0.2, -0.15) is 18.4 Å². The number of halogens is 3. The summed E-state index contributed by atoms with van der Waals surface area (Å²) in [6, 6.07) is 18.5. The predicted octanol–water partition coefficient (Wildman–Crippen LogP) is 3.89. The van der Waals surface area contributed by atoms with Crippen LogP contribution in [0, 0.1) is 11.3 Å². The van der Waals surface area contributed by atoms with Gasteiger partial charge >= 0.3 is 6.18 Å². The fraction of sp³-hybridized carbons (Fsp3) is 0.259. The van der Waals surface area contributed by atoms with Gasteiger partial charge in [0.2, 0.25) is 5.91 Å². The number of aliphatic hydroxyl groups excluding tert-OH is 1. The Balaban J connectivity index is 1.67. The van der Waals surface area contributed by atoms with E-state index in [2.05, 4.69) is 5.32 Å². The van der Waals surface area contributed by atoms with Crippen molar-refractivity contribution in [1.29, 1.82) is 5.26 Å². The van der Waals surface area contributed by atoms with E-state index in [1.54, 1.807) is 48.5 Å². The Hall–Kier alpha value is -3.88. The number of carbonyl (C=O) groups is 1. The molecule has 0 bridgehead atoms. The first kappa shape index (κ1) is 28.7. The molecule has 200 valence electrons. The molecule has 38 heavy (non-hydrogen) atoms. The van der Waals surface area contributed by atoms with Gasteiger partial charge in [-0.05, 0) is 40.5 Å². The number of aliphatic hydroxyl groups is 1. The van der Waals surface area contributed by atoms with E-state index in [-0.39, 0.29) is 43.2 Å². The van der Waals surface area contributed by atoms with Crippen LogP contribution in [0.5, 0.6) is 5.75 Å². The van der Waals surface area contributed by atoms with E-state index < -0.39 is 33.2 Å². The maximum absolute atomic E-state index is 12.9. The normalized spacial score (nSPS) is 11.6. The summed E-state index contributed by atoms with van der Waals surface area (Å²) in [7, 11) is -3.71. The summed E-state index contributed by atoms with van der Waals surface area (Å²) >= 11 is 0. The summed E-state index contributed by atoms with van der Waals surface area (Å²) in [5.74, 6) is -1.44. The van der Waals surface area contributed by atoms with Crippen LogP contribution in [-0.4, -0.2) is 44.9 Å². The number of alkyl halides is 3. The number of ether oxygens (including phenoxy) is 1. The van der Waals surface area contributed by atoms with Gasteiger partial charge in [0.15, 0.2) is 9.84 Å². The number of nitrogens with zero attached hydrogens (tertiary/aromatic N) is 1. The van der Waals surface area contributed by atoms with Crippen molar-refractivity contribution in [3.8, 4) is 22.9 Å². The van der Waals surface area contributed by atoms with Gasteiger partial charge in [-0.15, -0.1) is 0 Å². The highest BCUT2D eigenvalue weighted by molar-refractivity contribution is 7.91. The fourth-order valence-corrected chi connectivity index (χ4v) is 4.94. The Labute approximate surface area is 218 Å². The van der Waals surface area contributed by atoms with E-state index in [0.717, 1.165) is 17.7 Å². The molecule has 0 spiro atoms. The van der Waals surface area contributed by atoms with Gasteiger partial charge in [0.05, 0.1) is 30.1 Å². The van der Waals surface area contributed by atoms with E-state index in [4.69, 9.17) is 9.84 Å². The summed E-state index contributed by atoms with van der Waals surface area (Å²) in [6.45, 7) is -0.252. The number of nitrogens with one attached hydrogen (secondary N) is 1. The summed E-state index contributed by atoms with van der Waals surface area (Å²) in [4.78, 5) is 11.7. The number of amides is 1. The molecule has 0 atom stereocenters. The van der Waals surface area contributed by atoms with Gasteiger partial charge in [-0.1, -0.05) is 48.5 Å². The molecule has 0 aliphatic heterocycles. The Morgan fingerprint density at radius 2 is 1.71 bits per heavy atom. The second-order valence-electron chi connectivity index (χ2n) is 8.42. The number of benzene rings is 3. The number of carbonyl (C=O) groups excluding carboxylic acids is 1. The van der Waals surface area contributed by atoms with Crippen molar-refractivity contribution < 1.29 is 36.2 Å². The van der Waals surface area contributed by atoms with Gasteiger partial charge in [0, 0.05) is 13.0 Å². The van der Waals surface area contributed by atoms with Gasteiger partial charge < -0.3 is 15.2 Å².